The molecule has 2 aliphatic heterocycles. The zero-order valence-corrected chi connectivity index (χ0v) is 30.6. The van der Waals surface area contributed by atoms with E-state index >= 15 is 0 Å². The van der Waals surface area contributed by atoms with Gasteiger partial charge in [-0.05, 0) is 124 Å². The summed E-state index contributed by atoms with van der Waals surface area (Å²) < 4.78 is 13.3. The Balaban J connectivity index is 1.01. The van der Waals surface area contributed by atoms with E-state index in [0.29, 0.717) is 18.0 Å². The maximum Gasteiger partial charge on any atom is 0.129 e. The van der Waals surface area contributed by atoms with Gasteiger partial charge < -0.3 is 19.0 Å². The molecule has 1 aromatic heterocycles. The monoisotopic (exact) mass is 688 g/mol. The molecule has 0 saturated carbocycles. The first-order valence-electron chi connectivity index (χ1n) is 20.8. The fourth-order valence-corrected chi connectivity index (χ4v) is 11.5. The summed E-state index contributed by atoms with van der Waals surface area (Å²) in [5, 5.41) is 0. The van der Waals surface area contributed by atoms with E-state index in [0.717, 1.165) is 51.4 Å². The average Bonchev–Trinajstić information content (AvgIpc) is 3.88. The minimum Gasteiger partial charge on any atom is -0.489 e. The summed E-state index contributed by atoms with van der Waals surface area (Å²) in [7, 11) is 0. The van der Waals surface area contributed by atoms with Crippen LogP contribution in [0, 0.1) is 11.8 Å². The van der Waals surface area contributed by atoms with E-state index in [4.69, 9.17) is 9.15 Å². The largest absolute Gasteiger partial charge is 0.489 e. The van der Waals surface area contributed by atoms with Crippen LogP contribution in [0.4, 0.5) is 0 Å². The molecule has 11 rings (SSSR count). The fraction of sp³-hybridized carbons (Fsp3) is 0.458. The van der Waals surface area contributed by atoms with Crippen LogP contribution in [0.1, 0.15) is 106 Å². The van der Waals surface area contributed by atoms with Crippen LogP contribution in [-0.4, -0.2) is 34.0 Å². The number of hydrogen-bond acceptors (Lipinski definition) is 4. The molecular formula is C48H52N2O2. The summed E-state index contributed by atoms with van der Waals surface area (Å²) in [6.07, 6.45) is 52.8. The number of rotatable bonds is 5. The molecule has 3 heterocycles. The molecule has 0 N–H and O–H groups in total. The third kappa shape index (κ3) is 5.06. The van der Waals surface area contributed by atoms with Gasteiger partial charge in [-0.1, -0.05) is 60.8 Å². The van der Waals surface area contributed by atoms with Crippen LogP contribution in [0.3, 0.4) is 0 Å². The van der Waals surface area contributed by atoms with Crippen molar-refractivity contribution in [1.82, 2.24) is 9.80 Å². The van der Waals surface area contributed by atoms with Gasteiger partial charge in [0.15, 0.2) is 0 Å². The van der Waals surface area contributed by atoms with Crippen LogP contribution >= 0.6 is 0 Å². The summed E-state index contributed by atoms with van der Waals surface area (Å²) in [6.45, 7) is 0. The molecule has 4 heteroatoms. The Morgan fingerprint density at radius 1 is 0.750 bits per heavy atom. The zero-order valence-electron chi connectivity index (χ0n) is 30.6. The van der Waals surface area contributed by atoms with Crippen molar-refractivity contribution in [3.63, 3.8) is 0 Å². The van der Waals surface area contributed by atoms with E-state index in [1.54, 1.807) is 22.4 Å². The lowest BCUT2D eigenvalue weighted by atomic mass is 9.77. The number of hydrogen-bond donors (Lipinski definition) is 0. The summed E-state index contributed by atoms with van der Waals surface area (Å²) in [5.41, 5.74) is 13.7. The van der Waals surface area contributed by atoms with E-state index in [-0.39, 0.29) is 18.1 Å². The van der Waals surface area contributed by atoms with Gasteiger partial charge in [0, 0.05) is 59.0 Å². The van der Waals surface area contributed by atoms with Gasteiger partial charge in [-0.2, -0.15) is 0 Å². The molecule has 266 valence electrons. The number of nitrogens with zero attached hydrogens (tertiary/aromatic N) is 2. The molecule has 8 aliphatic carbocycles. The molecule has 1 aromatic rings. The highest BCUT2D eigenvalue weighted by molar-refractivity contribution is 5.63. The van der Waals surface area contributed by atoms with Crippen LogP contribution in [-0.2, 0) is 24.0 Å². The maximum absolute atomic E-state index is 6.71. The predicted molar refractivity (Wildman–Crippen MR) is 209 cm³/mol. The van der Waals surface area contributed by atoms with Gasteiger partial charge in [0.1, 0.15) is 23.4 Å². The molecule has 6 atom stereocenters. The smallest absolute Gasteiger partial charge is 0.129 e. The lowest BCUT2D eigenvalue weighted by Crippen LogP contribution is -2.46. The third-order valence-electron chi connectivity index (χ3n) is 13.9. The second-order valence-electron chi connectivity index (χ2n) is 16.8. The number of fused-ring (bicyclic) bond motifs is 7. The van der Waals surface area contributed by atoms with Crippen LogP contribution < -0.4 is 0 Å². The first-order valence-corrected chi connectivity index (χ1v) is 20.8. The molecule has 4 nitrogen and oxygen atoms in total. The van der Waals surface area contributed by atoms with Crippen LogP contribution in [0.2, 0.25) is 0 Å². The van der Waals surface area contributed by atoms with E-state index in [1.165, 1.54) is 96.7 Å². The van der Waals surface area contributed by atoms with E-state index in [1.807, 2.05) is 0 Å². The molecule has 0 aromatic carbocycles. The standard InChI is InChI=1S/C48H52N2O2/c1-3-12-31(13-4-1)32-22-25-36-39-29-34(23-26-41(39)50(43(36)28-32)33-14-5-2-6-15-33)49(35-24-27-46-40(30-35)37-16-7-9-19-44(37)51-46)42-18-11-21-47-48(42)38-17-8-10-20-45(38)52-47/h2,5-6,8,11-12,14,17-18,21,23,26,28,30,33-34,39,41,47-48H,1,3-4,7,9-10,13,15-16,19-20,22,24-25,27,29H2. The van der Waals surface area contributed by atoms with Gasteiger partial charge in [0.05, 0.1) is 24.0 Å². The summed E-state index contributed by atoms with van der Waals surface area (Å²) in [6, 6.07) is 1.11. The van der Waals surface area contributed by atoms with Gasteiger partial charge in [-0.15, -0.1) is 0 Å². The molecule has 0 amide bonds. The molecule has 0 spiro atoms. The zero-order chi connectivity index (χ0) is 34.2. The SMILES string of the molecule is C1=CCC(N2C3=C(CCC(C4=CCCCC4)=C3)C3CC(N(C4=Cc5c(oc6c5CCCC6)CC4)C4=CC=CC5OC6=C(C=CCC6)C45)C=CC32)C=C1. The molecule has 10 aliphatic rings. The van der Waals surface area contributed by atoms with Gasteiger partial charge in [-0.25, -0.2) is 0 Å². The quantitative estimate of drug-likeness (QED) is 0.288. The van der Waals surface area contributed by atoms with Gasteiger partial charge in [0.2, 0.25) is 0 Å². The molecule has 0 saturated heterocycles. The predicted octanol–water partition coefficient (Wildman–Crippen LogP) is 10.8. The molecular weight excluding hydrogens is 637 g/mol. The highest BCUT2D eigenvalue weighted by atomic mass is 16.5. The fourth-order valence-electron chi connectivity index (χ4n) is 11.5. The van der Waals surface area contributed by atoms with Crippen molar-refractivity contribution in [3.05, 3.63) is 147 Å². The minimum atomic E-state index is 0.0791. The topological polar surface area (TPSA) is 28.9 Å². The van der Waals surface area contributed by atoms with Crippen molar-refractivity contribution < 1.29 is 9.15 Å². The van der Waals surface area contributed by atoms with Crippen molar-refractivity contribution in [2.24, 2.45) is 11.8 Å². The summed E-state index contributed by atoms with van der Waals surface area (Å²) in [4.78, 5) is 5.64. The van der Waals surface area contributed by atoms with Crippen LogP contribution in [0.5, 0.6) is 0 Å². The number of ether oxygens (including phenoxy) is 1. The number of allylic oxidation sites excluding steroid dienone is 12. The van der Waals surface area contributed by atoms with Crippen molar-refractivity contribution in [1.29, 1.82) is 0 Å². The minimum absolute atomic E-state index is 0.0791. The van der Waals surface area contributed by atoms with Gasteiger partial charge in [0.25, 0.3) is 0 Å². The van der Waals surface area contributed by atoms with Gasteiger partial charge >= 0.3 is 0 Å². The molecule has 6 unspecified atom stereocenters. The van der Waals surface area contributed by atoms with Gasteiger partial charge in [-0.3, -0.25) is 0 Å². The Morgan fingerprint density at radius 2 is 1.71 bits per heavy atom. The second-order valence-corrected chi connectivity index (χ2v) is 16.8. The lowest BCUT2D eigenvalue weighted by molar-refractivity contribution is 0.139. The first-order chi connectivity index (χ1) is 25.8. The van der Waals surface area contributed by atoms with E-state index < -0.39 is 0 Å². The van der Waals surface area contributed by atoms with Crippen molar-refractivity contribution in [2.75, 3.05) is 0 Å². The lowest BCUT2D eigenvalue weighted by Gasteiger charge is -2.45. The number of aryl methyl sites for hydroxylation is 2. The van der Waals surface area contributed by atoms with E-state index in [2.05, 4.69) is 94.9 Å². The highest BCUT2D eigenvalue weighted by Gasteiger charge is 2.48. The Bertz CT molecular complexity index is 2030. The third-order valence-corrected chi connectivity index (χ3v) is 13.9. The molecule has 0 bridgehead atoms. The summed E-state index contributed by atoms with van der Waals surface area (Å²) >= 11 is 0. The van der Waals surface area contributed by atoms with Crippen molar-refractivity contribution in [2.45, 2.75) is 127 Å². The normalized spacial score (nSPS) is 32.6. The molecule has 52 heavy (non-hydrogen) atoms. The average molecular weight is 689 g/mol. The van der Waals surface area contributed by atoms with Crippen LogP contribution in [0.15, 0.2) is 129 Å². The highest BCUT2D eigenvalue weighted by Crippen LogP contribution is 2.52. The second kappa shape index (κ2) is 12.7. The number of furan rings is 1. The summed E-state index contributed by atoms with van der Waals surface area (Å²) in [5.74, 6) is 4.46. The van der Waals surface area contributed by atoms with Crippen molar-refractivity contribution >= 4 is 6.08 Å². The molecule has 0 fully saturated rings. The first kappa shape index (κ1) is 31.4. The van der Waals surface area contributed by atoms with Crippen molar-refractivity contribution in [3.8, 4) is 0 Å². The Kier molecular flexibility index (Phi) is 7.69. The maximum atomic E-state index is 6.71. The molecule has 0 radical (unpaired) electrons. The van der Waals surface area contributed by atoms with Crippen LogP contribution in [0.25, 0.3) is 6.08 Å². The Labute approximate surface area is 309 Å². The Hall–Kier alpha value is -4.18. The van der Waals surface area contributed by atoms with E-state index in [9.17, 15) is 0 Å². The Morgan fingerprint density at radius 3 is 2.63 bits per heavy atom.